The van der Waals surface area contributed by atoms with Gasteiger partial charge in [0.2, 0.25) is 0 Å². The van der Waals surface area contributed by atoms with Crippen molar-refractivity contribution in [2.24, 2.45) is 5.92 Å². The number of hydrogen-bond donors (Lipinski definition) is 2. The van der Waals surface area contributed by atoms with Gasteiger partial charge in [0.15, 0.2) is 5.82 Å². The van der Waals surface area contributed by atoms with Crippen LogP contribution in [0.5, 0.6) is 5.75 Å². The highest BCUT2D eigenvalue weighted by atomic mass is 16.5. The molecule has 0 unspecified atom stereocenters. The van der Waals surface area contributed by atoms with E-state index in [0.29, 0.717) is 23.0 Å². The largest absolute Gasteiger partial charge is 0.492 e. The maximum absolute atomic E-state index is 9.28. The van der Waals surface area contributed by atoms with Crippen molar-refractivity contribution in [2.75, 3.05) is 0 Å². The lowest BCUT2D eigenvalue weighted by Crippen LogP contribution is -2.31. The van der Waals surface area contributed by atoms with Gasteiger partial charge in [0.05, 0.1) is 0 Å². The summed E-state index contributed by atoms with van der Waals surface area (Å²) in [5.74, 6) is 1.60. The van der Waals surface area contributed by atoms with Crippen molar-refractivity contribution in [1.29, 1.82) is 0 Å². The Hall–Kier alpha value is -1.86. The Morgan fingerprint density at radius 3 is 2.75 bits per heavy atom. The van der Waals surface area contributed by atoms with Crippen LogP contribution in [0.15, 0.2) is 30.6 Å². The van der Waals surface area contributed by atoms with Crippen LogP contribution < -0.4 is 10.2 Å². The third kappa shape index (κ3) is 3.58. The number of benzene rings is 1. The normalized spacial score (nSPS) is 10.8. The van der Waals surface area contributed by atoms with E-state index in [0.717, 1.165) is 6.54 Å². The quantitative estimate of drug-likeness (QED) is 0.736. The number of nitrogens with zero attached hydrogens (tertiary/aromatic N) is 3. The smallest absolute Gasteiger partial charge is 0.486 e. The molecule has 0 radical (unpaired) electrons. The number of ether oxygens (including phenoxy) is 1. The fourth-order valence-corrected chi connectivity index (χ4v) is 1.87. The van der Waals surface area contributed by atoms with Gasteiger partial charge in [0.25, 0.3) is 0 Å². The molecule has 0 amide bonds. The van der Waals surface area contributed by atoms with E-state index in [2.05, 4.69) is 23.9 Å². The predicted molar refractivity (Wildman–Crippen MR) is 75.5 cm³/mol. The Balaban J connectivity index is 2.08. The summed E-state index contributed by atoms with van der Waals surface area (Å²) in [5.41, 5.74) is 0.336. The number of hydrogen-bond acceptors (Lipinski definition) is 5. The molecular formula is C13H18BN3O3. The van der Waals surface area contributed by atoms with E-state index in [4.69, 9.17) is 4.74 Å². The SMILES string of the molecule is CC(C)Cn1ncnc1COc1ccccc1B(O)O. The van der Waals surface area contributed by atoms with Crippen LogP contribution in [0.2, 0.25) is 0 Å². The first-order chi connectivity index (χ1) is 9.58. The molecule has 2 N–H and O–H groups in total. The predicted octanol–water partition coefficient (Wildman–Crippen LogP) is 0.193. The second-order valence-corrected chi connectivity index (χ2v) is 4.95. The minimum Gasteiger partial charge on any atom is -0.486 e. The van der Waals surface area contributed by atoms with Gasteiger partial charge in [-0.1, -0.05) is 32.0 Å². The van der Waals surface area contributed by atoms with Crippen LogP contribution in [0.25, 0.3) is 0 Å². The molecule has 1 aromatic heterocycles. The lowest BCUT2D eigenvalue weighted by Gasteiger charge is -2.12. The van der Waals surface area contributed by atoms with Crippen LogP contribution in [0, 0.1) is 5.92 Å². The lowest BCUT2D eigenvalue weighted by atomic mass is 9.79. The van der Waals surface area contributed by atoms with Crippen LogP contribution in [0.4, 0.5) is 0 Å². The zero-order valence-corrected chi connectivity index (χ0v) is 11.6. The van der Waals surface area contributed by atoms with E-state index in [-0.39, 0.29) is 6.61 Å². The minimum atomic E-state index is -1.56. The highest BCUT2D eigenvalue weighted by molar-refractivity contribution is 6.59. The van der Waals surface area contributed by atoms with E-state index in [1.54, 1.807) is 28.9 Å². The van der Waals surface area contributed by atoms with Crippen LogP contribution in [0.1, 0.15) is 19.7 Å². The molecule has 2 aromatic rings. The van der Waals surface area contributed by atoms with Gasteiger partial charge in [0, 0.05) is 12.0 Å². The molecule has 0 atom stereocenters. The van der Waals surface area contributed by atoms with Crippen LogP contribution in [-0.2, 0) is 13.2 Å². The zero-order chi connectivity index (χ0) is 14.5. The molecular weight excluding hydrogens is 257 g/mol. The second kappa shape index (κ2) is 6.54. The molecule has 20 heavy (non-hydrogen) atoms. The monoisotopic (exact) mass is 275 g/mol. The van der Waals surface area contributed by atoms with Crippen LogP contribution >= 0.6 is 0 Å². The first kappa shape index (κ1) is 14.6. The first-order valence-electron chi connectivity index (χ1n) is 6.52. The Bertz CT molecular complexity index is 557. The van der Waals surface area contributed by atoms with E-state index < -0.39 is 7.12 Å². The van der Waals surface area contributed by atoms with Gasteiger partial charge in [-0.05, 0) is 12.0 Å². The molecule has 0 aliphatic rings. The second-order valence-electron chi connectivity index (χ2n) is 4.95. The van der Waals surface area contributed by atoms with Crippen molar-refractivity contribution in [3.63, 3.8) is 0 Å². The molecule has 7 heteroatoms. The molecule has 2 rings (SSSR count). The number of aromatic nitrogens is 3. The van der Waals surface area contributed by atoms with Crippen LogP contribution in [-0.4, -0.2) is 31.9 Å². The average molecular weight is 275 g/mol. The lowest BCUT2D eigenvalue weighted by molar-refractivity contribution is 0.283. The van der Waals surface area contributed by atoms with Gasteiger partial charge in [-0.2, -0.15) is 5.10 Å². The minimum absolute atomic E-state index is 0.233. The Labute approximate surface area is 118 Å². The average Bonchev–Trinajstić information content (AvgIpc) is 2.83. The zero-order valence-electron chi connectivity index (χ0n) is 11.6. The standard InChI is InChI=1S/C13H18BN3O3/c1-10(2)7-17-13(15-9-16-17)8-20-12-6-4-3-5-11(12)14(18)19/h3-6,9-10,18-19H,7-8H2,1-2H3. The molecule has 0 aliphatic carbocycles. The highest BCUT2D eigenvalue weighted by Crippen LogP contribution is 2.10. The Morgan fingerprint density at radius 1 is 1.30 bits per heavy atom. The molecule has 1 aromatic carbocycles. The van der Waals surface area contributed by atoms with E-state index >= 15 is 0 Å². The molecule has 0 saturated heterocycles. The summed E-state index contributed by atoms with van der Waals surface area (Å²) in [5, 5.41) is 22.7. The Kier molecular flexibility index (Phi) is 4.76. The molecule has 0 aliphatic heterocycles. The van der Waals surface area contributed by atoms with Crippen molar-refractivity contribution in [1.82, 2.24) is 14.8 Å². The molecule has 0 fully saturated rings. The maximum Gasteiger partial charge on any atom is 0.492 e. The van der Waals surface area contributed by atoms with Crippen molar-refractivity contribution in [3.8, 4) is 5.75 Å². The van der Waals surface area contributed by atoms with E-state index in [9.17, 15) is 10.0 Å². The fourth-order valence-electron chi connectivity index (χ4n) is 1.87. The van der Waals surface area contributed by atoms with E-state index in [1.807, 2.05) is 0 Å². The summed E-state index contributed by atoms with van der Waals surface area (Å²) in [7, 11) is -1.56. The fraction of sp³-hybridized carbons (Fsp3) is 0.385. The first-order valence-corrected chi connectivity index (χ1v) is 6.52. The van der Waals surface area contributed by atoms with Gasteiger partial charge in [-0.3, -0.25) is 0 Å². The van der Waals surface area contributed by atoms with Gasteiger partial charge in [-0.25, -0.2) is 9.67 Å². The summed E-state index contributed by atoms with van der Waals surface area (Å²) >= 11 is 0. The maximum atomic E-state index is 9.28. The number of para-hydroxylation sites is 1. The van der Waals surface area contributed by atoms with Gasteiger partial charge >= 0.3 is 7.12 Å². The highest BCUT2D eigenvalue weighted by Gasteiger charge is 2.17. The molecule has 0 bridgehead atoms. The molecule has 106 valence electrons. The molecule has 1 heterocycles. The molecule has 0 spiro atoms. The van der Waals surface area contributed by atoms with Crippen molar-refractivity contribution < 1.29 is 14.8 Å². The summed E-state index contributed by atoms with van der Waals surface area (Å²) in [6.45, 7) is 5.20. The third-order valence-electron chi connectivity index (χ3n) is 2.79. The summed E-state index contributed by atoms with van der Waals surface area (Å²) in [6.07, 6.45) is 1.49. The van der Waals surface area contributed by atoms with Crippen molar-refractivity contribution in [2.45, 2.75) is 27.0 Å². The summed E-state index contributed by atoms with van der Waals surface area (Å²) in [6, 6.07) is 6.81. The third-order valence-corrected chi connectivity index (χ3v) is 2.79. The topological polar surface area (TPSA) is 80.4 Å². The Morgan fingerprint density at radius 2 is 2.05 bits per heavy atom. The van der Waals surface area contributed by atoms with E-state index in [1.165, 1.54) is 6.33 Å². The van der Waals surface area contributed by atoms with Gasteiger partial charge in [-0.15, -0.1) is 0 Å². The van der Waals surface area contributed by atoms with Crippen molar-refractivity contribution in [3.05, 3.63) is 36.4 Å². The van der Waals surface area contributed by atoms with Gasteiger partial charge in [0.1, 0.15) is 18.7 Å². The molecule has 6 nitrogen and oxygen atoms in total. The van der Waals surface area contributed by atoms with Crippen LogP contribution in [0.3, 0.4) is 0 Å². The van der Waals surface area contributed by atoms with Crippen molar-refractivity contribution >= 4 is 12.6 Å². The summed E-state index contributed by atoms with van der Waals surface area (Å²) < 4.78 is 7.42. The molecule has 0 saturated carbocycles. The summed E-state index contributed by atoms with van der Waals surface area (Å²) in [4.78, 5) is 4.16. The van der Waals surface area contributed by atoms with Gasteiger partial charge < -0.3 is 14.8 Å². The number of rotatable bonds is 6.